The topological polar surface area (TPSA) is 97.4 Å². The molecule has 1 fully saturated rings. The highest BCUT2D eigenvalue weighted by molar-refractivity contribution is 7.89. The fraction of sp³-hybridized carbons (Fsp3) is 0.421. The number of aromatic nitrogens is 4. The molecule has 0 saturated carbocycles. The highest BCUT2D eigenvalue weighted by Crippen LogP contribution is 2.21. The van der Waals surface area contributed by atoms with Crippen molar-refractivity contribution in [2.75, 3.05) is 26.2 Å². The summed E-state index contributed by atoms with van der Waals surface area (Å²) in [6, 6.07) is 7.90. The second-order valence-electron chi connectivity index (χ2n) is 7.04. The van der Waals surface area contributed by atoms with Gasteiger partial charge < -0.3 is 4.52 Å². The Bertz CT molecular complexity index is 1080. The third kappa shape index (κ3) is 4.09. The van der Waals surface area contributed by atoms with Crippen molar-refractivity contribution in [1.82, 2.24) is 29.1 Å². The van der Waals surface area contributed by atoms with Gasteiger partial charge in [-0.2, -0.15) is 14.4 Å². The van der Waals surface area contributed by atoms with Crippen LogP contribution in [0.15, 0.2) is 46.1 Å². The average Bonchev–Trinajstić information content (AvgIpc) is 3.39. The Morgan fingerprint density at radius 1 is 1.14 bits per heavy atom. The SMILES string of the molecule is CCn1cc(S(=O)(=O)N2CCN(Cc3nc(-c4ccccc4C)no3)CC2)cn1. The van der Waals surface area contributed by atoms with Crippen molar-refractivity contribution in [1.29, 1.82) is 0 Å². The molecule has 3 heterocycles. The summed E-state index contributed by atoms with van der Waals surface area (Å²) < 4.78 is 34.1. The maximum absolute atomic E-state index is 12.8. The van der Waals surface area contributed by atoms with Gasteiger partial charge in [0.15, 0.2) is 0 Å². The smallest absolute Gasteiger partial charge is 0.246 e. The minimum atomic E-state index is -3.51. The van der Waals surface area contributed by atoms with Crippen LogP contribution in [0.25, 0.3) is 11.4 Å². The number of sulfonamides is 1. The number of rotatable bonds is 6. The highest BCUT2D eigenvalue weighted by Gasteiger charge is 2.30. The molecule has 4 rings (SSSR count). The molecule has 10 heteroatoms. The van der Waals surface area contributed by atoms with Crippen LogP contribution in [0.1, 0.15) is 18.4 Å². The van der Waals surface area contributed by atoms with Gasteiger partial charge in [0, 0.05) is 44.5 Å². The van der Waals surface area contributed by atoms with Gasteiger partial charge in [-0.25, -0.2) is 8.42 Å². The van der Waals surface area contributed by atoms with Gasteiger partial charge in [0.05, 0.1) is 12.7 Å². The third-order valence-electron chi connectivity index (χ3n) is 5.12. The van der Waals surface area contributed by atoms with E-state index in [2.05, 4.69) is 20.1 Å². The van der Waals surface area contributed by atoms with Gasteiger partial charge in [0.1, 0.15) is 4.90 Å². The first-order valence-corrected chi connectivity index (χ1v) is 11.0. The number of piperazine rings is 1. The van der Waals surface area contributed by atoms with Crippen LogP contribution < -0.4 is 0 Å². The predicted molar refractivity (Wildman–Crippen MR) is 106 cm³/mol. The van der Waals surface area contributed by atoms with Crippen LogP contribution >= 0.6 is 0 Å². The monoisotopic (exact) mass is 416 g/mol. The molecule has 0 N–H and O–H groups in total. The summed E-state index contributed by atoms with van der Waals surface area (Å²) in [7, 11) is -3.51. The third-order valence-corrected chi connectivity index (χ3v) is 6.97. The lowest BCUT2D eigenvalue weighted by Gasteiger charge is -2.32. The number of aryl methyl sites for hydroxylation is 2. The van der Waals surface area contributed by atoms with Crippen LogP contribution in [-0.4, -0.2) is 63.7 Å². The standard InChI is InChI=1S/C19H24N6O3S/c1-3-24-13-16(12-20-24)29(26,27)25-10-8-23(9-11-25)14-18-21-19(22-28-18)17-7-5-4-6-15(17)2/h4-7,12-13H,3,8-11,14H2,1-2H3. The van der Waals surface area contributed by atoms with Crippen molar-refractivity contribution in [3.8, 4) is 11.4 Å². The number of hydrogen-bond acceptors (Lipinski definition) is 7. The average molecular weight is 417 g/mol. The fourth-order valence-electron chi connectivity index (χ4n) is 3.37. The molecule has 0 spiro atoms. The zero-order chi connectivity index (χ0) is 20.4. The van der Waals surface area contributed by atoms with Crippen LogP contribution in [0.3, 0.4) is 0 Å². The van der Waals surface area contributed by atoms with E-state index in [1.165, 1.54) is 10.5 Å². The molecule has 1 saturated heterocycles. The van der Waals surface area contributed by atoms with E-state index in [1.807, 2.05) is 38.1 Å². The van der Waals surface area contributed by atoms with Crippen molar-refractivity contribution in [3.63, 3.8) is 0 Å². The summed E-state index contributed by atoms with van der Waals surface area (Å²) in [5.74, 6) is 1.11. The van der Waals surface area contributed by atoms with Crippen molar-refractivity contribution < 1.29 is 12.9 Å². The zero-order valence-corrected chi connectivity index (χ0v) is 17.3. The molecular formula is C19H24N6O3S. The molecule has 154 valence electrons. The summed E-state index contributed by atoms with van der Waals surface area (Å²) in [6.45, 7) is 7.10. The quantitative estimate of drug-likeness (QED) is 0.604. The van der Waals surface area contributed by atoms with Crippen molar-refractivity contribution in [3.05, 3.63) is 48.1 Å². The Hall–Kier alpha value is -2.56. The molecule has 0 unspecified atom stereocenters. The summed E-state index contributed by atoms with van der Waals surface area (Å²) in [6.07, 6.45) is 2.99. The van der Waals surface area contributed by atoms with Crippen LogP contribution in [0.2, 0.25) is 0 Å². The normalized spacial score (nSPS) is 16.3. The second-order valence-corrected chi connectivity index (χ2v) is 8.98. The Morgan fingerprint density at radius 3 is 2.59 bits per heavy atom. The first-order valence-electron chi connectivity index (χ1n) is 9.61. The first-order chi connectivity index (χ1) is 14.0. The predicted octanol–water partition coefficient (Wildman–Crippen LogP) is 1.77. The molecule has 29 heavy (non-hydrogen) atoms. The van der Waals surface area contributed by atoms with E-state index in [-0.39, 0.29) is 4.90 Å². The minimum absolute atomic E-state index is 0.243. The van der Waals surface area contributed by atoms with Crippen molar-refractivity contribution in [2.45, 2.75) is 31.8 Å². The molecule has 0 amide bonds. The summed E-state index contributed by atoms with van der Waals surface area (Å²) >= 11 is 0. The van der Waals surface area contributed by atoms with Crippen LogP contribution in [0.4, 0.5) is 0 Å². The zero-order valence-electron chi connectivity index (χ0n) is 16.5. The Balaban J connectivity index is 1.37. The van der Waals surface area contributed by atoms with Crippen molar-refractivity contribution >= 4 is 10.0 Å². The number of nitrogens with zero attached hydrogens (tertiary/aromatic N) is 6. The number of benzene rings is 1. The van der Waals surface area contributed by atoms with Crippen LogP contribution in [0.5, 0.6) is 0 Å². The van der Waals surface area contributed by atoms with E-state index < -0.39 is 10.0 Å². The van der Waals surface area contributed by atoms with E-state index in [0.717, 1.165) is 11.1 Å². The lowest BCUT2D eigenvalue weighted by molar-refractivity contribution is 0.163. The maximum atomic E-state index is 12.8. The van der Waals surface area contributed by atoms with E-state index in [4.69, 9.17) is 4.52 Å². The van der Waals surface area contributed by atoms with Gasteiger partial charge in [-0.05, 0) is 19.4 Å². The molecule has 0 aliphatic carbocycles. The molecule has 1 aliphatic rings. The Morgan fingerprint density at radius 2 is 1.90 bits per heavy atom. The van der Waals surface area contributed by atoms with Gasteiger partial charge in [0.25, 0.3) is 0 Å². The van der Waals surface area contributed by atoms with E-state index in [9.17, 15) is 8.42 Å². The Labute approximate surface area is 170 Å². The highest BCUT2D eigenvalue weighted by atomic mass is 32.2. The summed E-state index contributed by atoms with van der Waals surface area (Å²) in [5, 5.41) is 8.16. The molecule has 1 aliphatic heterocycles. The van der Waals surface area contributed by atoms with Crippen LogP contribution in [-0.2, 0) is 23.1 Å². The largest absolute Gasteiger partial charge is 0.338 e. The van der Waals surface area contributed by atoms with Gasteiger partial charge in [0.2, 0.25) is 21.7 Å². The maximum Gasteiger partial charge on any atom is 0.246 e. The molecule has 3 aromatic rings. The Kier molecular flexibility index (Phi) is 5.48. The lowest BCUT2D eigenvalue weighted by atomic mass is 10.1. The minimum Gasteiger partial charge on any atom is -0.338 e. The fourth-order valence-corrected chi connectivity index (χ4v) is 4.75. The lowest BCUT2D eigenvalue weighted by Crippen LogP contribution is -2.48. The van der Waals surface area contributed by atoms with Gasteiger partial charge in [-0.15, -0.1) is 0 Å². The first kappa shape index (κ1) is 19.7. The molecule has 0 bridgehead atoms. The van der Waals surface area contributed by atoms with E-state index >= 15 is 0 Å². The summed E-state index contributed by atoms with van der Waals surface area (Å²) in [5.41, 5.74) is 2.04. The van der Waals surface area contributed by atoms with E-state index in [1.54, 1.807) is 10.9 Å². The van der Waals surface area contributed by atoms with Crippen LogP contribution in [0, 0.1) is 6.92 Å². The number of hydrogen-bond donors (Lipinski definition) is 0. The van der Waals surface area contributed by atoms with Gasteiger partial charge >= 0.3 is 0 Å². The van der Waals surface area contributed by atoms with Gasteiger partial charge in [-0.3, -0.25) is 9.58 Å². The second kappa shape index (κ2) is 8.05. The molecular weight excluding hydrogens is 392 g/mol. The van der Waals surface area contributed by atoms with E-state index in [0.29, 0.717) is 51.0 Å². The summed E-state index contributed by atoms with van der Waals surface area (Å²) in [4.78, 5) is 6.87. The molecule has 0 atom stereocenters. The molecule has 1 aromatic carbocycles. The van der Waals surface area contributed by atoms with Crippen molar-refractivity contribution in [2.24, 2.45) is 0 Å². The van der Waals surface area contributed by atoms with Gasteiger partial charge in [-0.1, -0.05) is 29.4 Å². The molecule has 2 aromatic heterocycles. The molecule has 0 radical (unpaired) electrons. The molecule has 9 nitrogen and oxygen atoms in total.